The topological polar surface area (TPSA) is 25.9 Å². The van der Waals surface area contributed by atoms with Gasteiger partial charge in [-0.05, 0) is 116 Å². The third-order valence-electron chi connectivity index (χ3n) is 32.4. The maximum Gasteiger partial charge on any atom is 0.0535 e. The molecule has 0 unspecified atom stereocenters. The maximum atomic E-state index is 3.60. The van der Waals surface area contributed by atoms with Crippen molar-refractivity contribution >= 4 is 32.9 Å². The summed E-state index contributed by atoms with van der Waals surface area (Å²) in [7, 11) is -3.07. The highest BCUT2D eigenvalue weighted by atomic mass is 31.2. The Morgan fingerprint density at radius 1 is 0.0903 bits per heavy atom. The minimum absolute atomic E-state index is 0.624. The molecule has 0 aliphatic heterocycles. The van der Waals surface area contributed by atoms with Gasteiger partial charge in [0.2, 0.25) is 0 Å². The fourth-order valence-electron chi connectivity index (χ4n) is 22.9. The van der Waals surface area contributed by atoms with Crippen LogP contribution in [0.5, 0.6) is 0 Å². The fourth-order valence-corrected chi connectivity index (χ4v) is 39.4. The first kappa shape index (κ1) is 145. The van der Waals surface area contributed by atoms with E-state index in [0.717, 1.165) is 0 Å². The first-order valence-electron chi connectivity index (χ1n) is 68.3. The molecule has 0 saturated heterocycles. The molecule has 0 fully saturated rings. The van der Waals surface area contributed by atoms with Crippen LogP contribution in [0.2, 0.25) is 0 Å². The SMILES string of the molecule is CCCCCCCCN(CCCCCCCC)P(C(CCC(P(N(CCCCCCCC)CCCCCCCC)N(CCCCCCCC)CCCCCCCC)P(N(CCCCCCCC)CCCCCCCC)N(CCCCCCCC)CCCCCCCC)P(N(CCCCCCCC)CCCCCCCC)N(CCCCCCCC)CCCCCCCC)N(CCCCCCCC)CCCCCCCC. The van der Waals surface area contributed by atoms with Crippen LogP contribution in [-0.4, -0.2) is 153 Å². The molecule has 0 aromatic rings. The highest BCUT2D eigenvalue weighted by molar-refractivity contribution is 7.72. The number of hydrogen-bond acceptors (Lipinski definition) is 8. The summed E-state index contributed by atoms with van der Waals surface area (Å²) in [5, 5.41) is 1.25. The van der Waals surface area contributed by atoms with E-state index >= 15 is 0 Å². The van der Waals surface area contributed by atoms with Crippen LogP contribution in [0.15, 0.2) is 0 Å². The second-order valence-corrected chi connectivity index (χ2v) is 57.1. The summed E-state index contributed by atoms with van der Waals surface area (Å²) >= 11 is 0. The van der Waals surface area contributed by atoms with Gasteiger partial charge in [-0.15, -0.1) is 0 Å². The lowest BCUT2D eigenvalue weighted by molar-refractivity contribution is 0.330. The molecule has 0 aliphatic rings. The molecule has 0 rings (SSSR count). The van der Waals surface area contributed by atoms with Crippen LogP contribution >= 0.6 is 32.9 Å². The molecule has 0 aliphatic carbocycles. The number of rotatable bonds is 127. The molecule has 0 bridgehead atoms. The van der Waals surface area contributed by atoms with Crippen LogP contribution in [0.3, 0.4) is 0 Å². The highest BCUT2D eigenvalue weighted by Crippen LogP contribution is 2.71. The Balaban J connectivity index is 12.5. The first-order valence-corrected chi connectivity index (χ1v) is 73.6. The van der Waals surface area contributed by atoms with Gasteiger partial charge in [0.1, 0.15) is 0 Å². The lowest BCUT2D eigenvalue weighted by Gasteiger charge is -2.54. The Morgan fingerprint density at radius 2 is 0.153 bits per heavy atom. The number of unbranched alkanes of at least 4 members (excludes halogenated alkanes) is 80. The van der Waals surface area contributed by atoms with Crippen LogP contribution in [0.4, 0.5) is 0 Å². The summed E-state index contributed by atoms with van der Waals surface area (Å²) in [6, 6.07) is 0. The summed E-state index contributed by atoms with van der Waals surface area (Å²) < 4.78 is 28.8. The van der Waals surface area contributed by atoms with Gasteiger partial charge in [0.15, 0.2) is 0 Å². The second kappa shape index (κ2) is 120. The largest absolute Gasteiger partial charge is 0.269 e. The van der Waals surface area contributed by atoms with Gasteiger partial charge in [-0.3, -0.25) is 37.4 Å². The van der Waals surface area contributed by atoms with E-state index in [-0.39, 0.29) is 0 Å². The Morgan fingerprint density at radius 3 is 0.222 bits per heavy atom. The molecule has 0 aromatic heterocycles. The van der Waals surface area contributed by atoms with Crippen molar-refractivity contribution in [2.75, 3.05) is 105 Å². The molecule has 866 valence electrons. The molecule has 0 aromatic carbocycles. The standard InChI is InChI=1S/C132H278N8P4/c1-17-33-49-65-81-97-115-133(116-98-82-66-50-34-18-2)141(134(117-99-83-67-51-35-19-3)118-100-84-68-52-36-20-4)131(142(135(119-101-85-69-53-37-21-5)120-102-86-70-54-38-22-6)136(121-103-87-71-55-39-23-7)122-104-88-72-56-40-24-8)113-114-132(143(137(123-105-89-73-57-41-25-9)124-106-90-74-58-42-26-10)138(125-107-91-75-59-43-27-11)126-108-92-76-60-44-28-12)144(139(127-109-93-77-61-45-29-13)128-110-94-78-62-46-30-14)140(129-111-95-79-63-47-31-15)130-112-96-80-64-48-32-16/h131-132H,17-130H2,1-16H3. The van der Waals surface area contributed by atoms with Crippen molar-refractivity contribution in [3.8, 4) is 0 Å². The third kappa shape index (κ3) is 87.4. The summed E-state index contributed by atoms with van der Waals surface area (Å²) in [6.07, 6.45) is 138. The quantitative estimate of drug-likeness (QED) is 0.0439. The van der Waals surface area contributed by atoms with E-state index < -0.39 is 32.9 Å². The van der Waals surface area contributed by atoms with E-state index in [1.54, 1.807) is 0 Å². The summed E-state index contributed by atoms with van der Waals surface area (Å²) in [5.74, 6) is 0. The van der Waals surface area contributed by atoms with Crippen molar-refractivity contribution < 1.29 is 0 Å². The van der Waals surface area contributed by atoms with E-state index in [4.69, 9.17) is 0 Å². The normalized spacial score (nSPS) is 12.5. The minimum atomic E-state index is -0.766. The van der Waals surface area contributed by atoms with Crippen molar-refractivity contribution in [3.63, 3.8) is 0 Å². The maximum absolute atomic E-state index is 3.60. The molecule has 0 saturated carbocycles. The first-order chi connectivity index (χ1) is 71.2. The van der Waals surface area contributed by atoms with Gasteiger partial charge < -0.3 is 0 Å². The van der Waals surface area contributed by atoms with Crippen molar-refractivity contribution in [2.45, 2.75) is 751 Å². The zero-order valence-electron chi connectivity index (χ0n) is 103. The molecule has 12 heteroatoms. The number of nitrogens with zero attached hydrogens (tertiary/aromatic N) is 8. The van der Waals surface area contributed by atoms with E-state index in [9.17, 15) is 0 Å². The van der Waals surface area contributed by atoms with Gasteiger partial charge >= 0.3 is 0 Å². The van der Waals surface area contributed by atoms with Gasteiger partial charge in [-0.1, -0.05) is 624 Å². The predicted octanol–water partition coefficient (Wildman–Crippen LogP) is 47.9. The molecular formula is C132H278N8P4. The van der Waals surface area contributed by atoms with E-state index in [0.29, 0.717) is 10.8 Å². The molecule has 8 nitrogen and oxygen atoms in total. The second-order valence-electron chi connectivity index (χ2n) is 46.7. The fraction of sp³-hybridized carbons (Fsp3) is 1.00. The molecule has 0 radical (unpaired) electrons. The van der Waals surface area contributed by atoms with Crippen molar-refractivity contribution in [1.82, 2.24) is 37.4 Å². The lowest BCUT2D eigenvalue weighted by Crippen LogP contribution is -2.43. The average Bonchev–Trinajstić information content (AvgIpc) is 0.777. The van der Waals surface area contributed by atoms with Crippen LogP contribution in [0.25, 0.3) is 0 Å². The predicted molar refractivity (Wildman–Crippen MR) is 671 cm³/mol. The molecule has 0 amide bonds. The molecule has 0 heterocycles. The van der Waals surface area contributed by atoms with E-state index in [2.05, 4.69) is 148 Å². The van der Waals surface area contributed by atoms with Crippen LogP contribution in [0, 0.1) is 0 Å². The van der Waals surface area contributed by atoms with Crippen molar-refractivity contribution in [1.29, 1.82) is 0 Å². The van der Waals surface area contributed by atoms with E-state index in [1.807, 2.05) is 0 Å². The smallest absolute Gasteiger partial charge is 0.0535 e. The Hall–Kier alpha value is 1.40. The molecule has 0 N–H and O–H groups in total. The highest BCUT2D eigenvalue weighted by Gasteiger charge is 2.48. The minimum Gasteiger partial charge on any atom is -0.269 e. The van der Waals surface area contributed by atoms with Crippen molar-refractivity contribution in [2.24, 2.45) is 0 Å². The van der Waals surface area contributed by atoms with Crippen LogP contribution in [0.1, 0.15) is 740 Å². The molecule has 0 spiro atoms. The summed E-state index contributed by atoms with van der Waals surface area (Å²) in [5.41, 5.74) is 0. The van der Waals surface area contributed by atoms with Gasteiger partial charge in [-0.2, -0.15) is 0 Å². The molecule has 144 heavy (non-hydrogen) atoms. The van der Waals surface area contributed by atoms with Crippen molar-refractivity contribution in [3.05, 3.63) is 0 Å². The zero-order chi connectivity index (χ0) is 105. The van der Waals surface area contributed by atoms with E-state index in [1.165, 1.54) is 734 Å². The average molecular weight is 2100 g/mol. The lowest BCUT2D eigenvalue weighted by atomic mass is 10.1. The van der Waals surface area contributed by atoms with Gasteiger partial charge in [0.25, 0.3) is 0 Å². The third-order valence-corrected chi connectivity index (χ3v) is 45.9. The van der Waals surface area contributed by atoms with Crippen LogP contribution in [-0.2, 0) is 0 Å². The molecular weight excluding hydrogens is 1820 g/mol. The monoisotopic (exact) mass is 2100 g/mol. The number of hydrogen-bond donors (Lipinski definition) is 0. The Bertz CT molecular complexity index is 1760. The van der Waals surface area contributed by atoms with Crippen LogP contribution < -0.4 is 0 Å². The Kier molecular flexibility index (Phi) is 121. The summed E-state index contributed by atoms with van der Waals surface area (Å²) in [6.45, 7) is 61.1. The summed E-state index contributed by atoms with van der Waals surface area (Å²) in [4.78, 5) is 0. The van der Waals surface area contributed by atoms with Gasteiger partial charge in [-0.25, -0.2) is 0 Å². The van der Waals surface area contributed by atoms with Gasteiger partial charge in [0.05, 0.1) is 10.8 Å². The Labute approximate surface area is 919 Å². The molecule has 0 atom stereocenters. The van der Waals surface area contributed by atoms with Gasteiger partial charge in [0, 0.05) is 138 Å². The zero-order valence-corrected chi connectivity index (χ0v) is 107.